The minimum absolute atomic E-state index is 1.03. The van der Waals surface area contributed by atoms with E-state index in [9.17, 15) is 0 Å². The van der Waals surface area contributed by atoms with E-state index in [1.807, 2.05) is 12.3 Å². The summed E-state index contributed by atoms with van der Waals surface area (Å²) in [6, 6.07) is 39.7. The van der Waals surface area contributed by atoms with Gasteiger partial charge in [-0.25, -0.2) is 0 Å². The molecule has 0 amide bonds. The number of aromatic nitrogens is 1. The first kappa shape index (κ1) is 18.0. The van der Waals surface area contributed by atoms with Crippen molar-refractivity contribution in [3.63, 3.8) is 0 Å². The van der Waals surface area contributed by atoms with Crippen LogP contribution in [0.2, 0.25) is 0 Å². The van der Waals surface area contributed by atoms with Crippen LogP contribution >= 0.6 is 0 Å². The van der Waals surface area contributed by atoms with Gasteiger partial charge in [0, 0.05) is 17.1 Å². The molecule has 0 saturated carbocycles. The van der Waals surface area contributed by atoms with Crippen LogP contribution in [0.4, 0.5) is 0 Å². The summed E-state index contributed by atoms with van der Waals surface area (Å²) in [6.07, 6.45) is 2.02. The van der Waals surface area contributed by atoms with Crippen LogP contribution in [0.3, 0.4) is 0 Å². The van der Waals surface area contributed by atoms with E-state index in [1.165, 1.54) is 65.5 Å². The molecule has 0 unspecified atom stereocenters. The number of rotatable bonds is 1. The van der Waals surface area contributed by atoms with E-state index in [1.54, 1.807) is 0 Å². The highest BCUT2D eigenvalue weighted by molar-refractivity contribution is 6.28. The molecule has 0 spiro atoms. The molecule has 34 heavy (non-hydrogen) atoms. The number of hydrogen-bond donors (Lipinski definition) is 0. The van der Waals surface area contributed by atoms with Gasteiger partial charge in [-0.3, -0.25) is 4.98 Å². The maximum Gasteiger partial charge on any atom is 0.0702 e. The quantitative estimate of drug-likeness (QED) is 0.237. The Morgan fingerprint density at radius 2 is 1.06 bits per heavy atom. The third kappa shape index (κ3) is 2.31. The zero-order chi connectivity index (χ0) is 22.2. The lowest BCUT2D eigenvalue weighted by Gasteiger charge is -2.14. The van der Waals surface area contributed by atoms with Crippen molar-refractivity contribution in [2.45, 2.75) is 0 Å². The predicted molar refractivity (Wildman–Crippen MR) is 144 cm³/mol. The molecule has 0 N–H and O–H groups in total. The number of pyridine rings is 1. The molecule has 1 aromatic heterocycles. The van der Waals surface area contributed by atoms with E-state index in [-0.39, 0.29) is 0 Å². The summed E-state index contributed by atoms with van der Waals surface area (Å²) in [5.74, 6) is 0. The molecule has 0 atom stereocenters. The van der Waals surface area contributed by atoms with E-state index in [4.69, 9.17) is 4.98 Å². The van der Waals surface area contributed by atoms with Crippen LogP contribution in [0.25, 0.3) is 76.6 Å². The van der Waals surface area contributed by atoms with E-state index in [2.05, 4.69) is 103 Å². The van der Waals surface area contributed by atoms with Crippen LogP contribution in [0, 0.1) is 0 Å². The molecule has 6 aromatic carbocycles. The number of para-hydroxylation sites is 1. The summed E-state index contributed by atoms with van der Waals surface area (Å²) < 4.78 is 0. The molecule has 1 heterocycles. The second-order valence-electron chi connectivity index (χ2n) is 9.18. The molecule has 1 heteroatoms. The second kappa shape index (κ2) is 6.52. The Morgan fingerprint density at radius 3 is 1.97 bits per heavy atom. The van der Waals surface area contributed by atoms with Crippen molar-refractivity contribution in [3.05, 3.63) is 115 Å². The predicted octanol–water partition coefficient (Wildman–Crippen LogP) is 9.01. The highest BCUT2D eigenvalue weighted by Crippen LogP contribution is 2.50. The number of benzene rings is 6. The summed E-state index contributed by atoms with van der Waals surface area (Å²) >= 11 is 0. The second-order valence-corrected chi connectivity index (χ2v) is 9.18. The first-order chi connectivity index (χ1) is 16.9. The molecule has 1 aliphatic rings. The fourth-order valence-electron chi connectivity index (χ4n) is 5.91. The van der Waals surface area contributed by atoms with Gasteiger partial charge in [-0.2, -0.15) is 0 Å². The van der Waals surface area contributed by atoms with Crippen LogP contribution in [0.1, 0.15) is 0 Å². The molecule has 1 aliphatic carbocycles. The van der Waals surface area contributed by atoms with Crippen molar-refractivity contribution in [1.82, 2.24) is 4.98 Å². The van der Waals surface area contributed by atoms with Gasteiger partial charge in [0.15, 0.2) is 0 Å². The molecular weight excluding hydrogens is 410 g/mol. The maximum atomic E-state index is 4.77. The summed E-state index contributed by atoms with van der Waals surface area (Å²) in [5, 5.41) is 9.02. The fraction of sp³-hybridized carbons (Fsp3) is 0. The molecule has 156 valence electrons. The van der Waals surface area contributed by atoms with Gasteiger partial charge in [0.1, 0.15) is 0 Å². The largest absolute Gasteiger partial charge is 0.256 e. The third-order valence-corrected chi connectivity index (χ3v) is 7.41. The summed E-state index contributed by atoms with van der Waals surface area (Å²) in [6.45, 7) is 0. The standard InChI is InChI=1S/C33H19N/c1-6-15-32-20(8-1)16-21(19-34-32)28-17-30-27-14-7-13-26-22-9-2-5-12-25(22)31(33(26)27)18-29(30)24-11-4-3-10-23(24)28/h1-19H. The van der Waals surface area contributed by atoms with Gasteiger partial charge in [-0.1, -0.05) is 84.9 Å². The van der Waals surface area contributed by atoms with E-state index >= 15 is 0 Å². The van der Waals surface area contributed by atoms with Crippen molar-refractivity contribution in [3.8, 4) is 33.4 Å². The van der Waals surface area contributed by atoms with Gasteiger partial charge in [0.05, 0.1) is 5.52 Å². The van der Waals surface area contributed by atoms with Crippen molar-refractivity contribution in [1.29, 1.82) is 0 Å². The normalized spacial score (nSPS) is 12.1. The Bertz CT molecular complexity index is 1960. The number of fused-ring (bicyclic) bond motifs is 8. The van der Waals surface area contributed by atoms with Crippen molar-refractivity contribution < 1.29 is 0 Å². The first-order valence-corrected chi connectivity index (χ1v) is 11.7. The minimum atomic E-state index is 1.03. The van der Waals surface area contributed by atoms with Gasteiger partial charge in [-0.05, 0) is 84.4 Å². The fourth-order valence-corrected chi connectivity index (χ4v) is 5.91. The molecule has 0 fully saturated rings. The molecule has 7 aromatic rings. The lowest BCUT2D eigenvalue weighted by Crippen LogP contribution is -1.88. The van der Waals surface area contributed by atoms with Gasteiger partial charge in [-0.15, -0.1) is 0 Å². The summed E-state index contributed by atoms with van der Waals surface area (Å²) in [7, 11) is 0. The Morgan fingerprint density at radius 1 is 0.412 bits per heavy atom. The van der Waals surface area contributed by atoms with Crippen LogP contribution in [-0.4, -0.2) is 4.98 Å². The van der Waals surface area contributed by atoms with E-state index in [0.29, 0.717) is 0 Å². The van der Waals surface area contributed by atoms with Crippen molar-refractivity contribution >= 4 is 43.2 Å². The van der Waals surface area contributed by atoms with Crippen LogP contribution in [0.5, 0.6) is 0 Å². The summed E-state index contributed by atoms with van der Waals surface area (Å²) in [5.41, 5.74) is 8.77. The SMILES string of the molecule is c1ccc2c(c1)-c1cccc3c1c-2cc1c2ccccc2c(-c2cnc4ccccc4c2)cc31. The maximum absolute atomic E-state index is 4.77. The smallest absolute Gasteiger partial charge is 0.0702 e. The van der Waals surface area contributed by atoms with Gasteiger partial charge >= 0.3 is 0 Å². The molecule has 0 saturated heterocycles. The topological polar surface area (TPSA) is 12.9 Å². The van der Waals surface area contributed by atoms with Gasteiger partial charge < -0.3 is 0 Å². The van der Waals surface area contributed by atoms with Crippen molar-refractivity contribution in [2.24, 2.45) is 0 Å². The zero-order valence-corrected chi connectivity index (χ0v) is 18.4. The first-order valence-electron chi connectivity index (χ1n) is 11.7. The lowest BCUT2D eigenvalue weighted by atomic mass is 9.89. The zero-order valence-electron chi connectivity index (χ0n) is 18.4. The highest BCUT2D eigenvalue weighted by Gasteiger charge is 2.23. The average Bonchev–Trinajstić information content (AvgIpc) is 3.23. The molecule has 0 aliphatic heterocycles. The lowest BCUT2D eigenvalue weighted by molar-refractivity contribution is 1.41. The van der Waals surface area contributed by atoms with Gasteiger partial charge in [0.25, 0.3) is 0 Å². The Hall–Kier alpha value is -4.49. The van der Waals surface area contributed by atoms with Crippen LogP contribution < -0.4 is 0 Å². The summed E-state index contributed by atoms with van der Waals surface area (Å²) in [4.78, 5) is 4.77. The Balaban J connectivity index is 1.54. The Labute approximate surface area is 196 Å². The molecule has 8 rings (SSSR count). The monoisotopic (exact) mass is 429 g/mol. The van der Waals surface area contributed by atoms with E-state index < -0.39 is 0 Å². The van der Waals surface area contributed by atoms with Crippen LogP contribution in [-0.2, 0) is 0 Å². The van der Waals surface area contributed by atoms with Crippen LogP contribution in [0.15, 0.2) is 115 Å². The third-order valence-electron chi connectivity index (χ3n) is 7.41. The minimum Gasteiger partial charge on any atom is -0.256 e. The van der Waals surface area contributed by atoms with E-state index in [0.717, 1.165) is 11.1 Å². The van der Waals surface area contributed by atoms with Gasteiger partial charge in [0.2, 0.25) is 0 Å². The Kier molecular flexibility index (Phi) is 3.45. The molecular formula is C33H19N. The molecule has 0 radical (unpaired) electrons. The molecule has 1 nitrogen and oxygen atoms in total. The van der Waals surface area contributed by atoms with Crippen molar-refractivity contribution in [2.75, 3.05) is 0 Å². The molecule has 0 bridgehead atoms. The average molecular weight is 430 g/mol. The number of hydrogen-bond acceptors (Lipinski definition) is 1. The highest BCUT2D eigenvalue weighted by atomic mass is 14.6. The number of nitrogens with zero attached hydrogens (tertiary/aromatic N) is 1.